The summed E-state index contributed by atoms with van der Waals surface area (Å²) in [5.74, 6) is 2.16. The van der Waals surface area contributed by atoms with Crippen LogP contribution in [0.25, 0.3) is 38.8 Å². The van der Waals surface area contributed by atoms with Crippen molar-refractivity contribution >= 4 is 44.6 Å². The zero-order valence-corrected chi connectivity index (χ0v) is 41.6. The first-order valence-corrected chi connectivity index (χ1v) is 22.4. The molecule has 2 aliphatic heterocycles. The van der Waals surface area contributed by atoms with E-state index < -0.39 is 0 Å². The number of fused-ring (bicyclic) bond motifs is 7. The Bertz CT molecular complexity index is 3120. The average Bonchev–Trinajstić information content (AvgIpc) is 3.73. The van der Waals surface area contributed by atoms with Gasteiger partial charge in [-0.05, 0) is 73.1 Å². The maximum Gasteiger partial charge on any atom is 0.225 e. The van der Waals surface area contributed by atoms with Gasteiger partial charge in [-0.1, -0.05) is 155 Å². The van der Waals surface area contributed by atoms with Crippen molar-refractivity contribution in [1.82, 2.24) is 18.7 Å². The van der Waals surface area contributed by atoms with E-state index in [-0.39, 0.29) is 42.7 Å². The van der Waals surface area contributed by atoms with E-state index in [1.807, 2.05) is 6.20 Å². The van der Waals surface area contributed by atoms with E-state index in [0.717, 1.165) is 33.3 Å². The summed E-state index contributed by atoms with van der Waals surface area (Å²) in [6, 6.07) is 54.3. The second-order valence-corrected chi connectivity index (χ2v) is 21.9. The average molecular weight is 1020 g/mol. The van der Waals surface area contributed by atoms with Crippen molar-refractivity contribution in [3.05, 3.63) is 175 Å². The number of pyridine rings is 1. The summed E-state index contributed by atoms with van der Waals surface area (Å²) >= 11 is 0. The fourth-order valence-corrected chi connectivity index (χ4v) is 9.48. The Kier molecular flexibility index (Phi) is 10.2. The molecule has 328 valence electrons. The van der Waals surface area contributed by atoms with E-state index >= 15 is 0 Å². The molecule has 0 spiro atoms. The third-order valence-corrected chi connectivity index (χ3v) is 13.3. The zero-order chi connectivity index (χ0) is 44.5. The summed E-state index contributed by atoms with van der Waals surface area (Å²) in [5, 5.41) is 2.24. The maximum absolute atomic E-state index is 7.00. The molecule has 1 unspecified atom stereocenters. The van der Waals surface area contributed by atoms with Crippen LogP contribution < -0.4 is 13.9 Å². The summed E-state index contributed by atoms with van der Waals surface area (Å²) < 4.78 is 10.4. The van der Waals surface area contributed by atoms with E-state index in [4.69, 9.17) is 9.72 Å². The number of quaternary nitrogens is 2. The van der Waals surface area contributed by atoms with Gasteiger partial charge in [-0.15, -0.1) is 35.2 Å². The molecule has 5 nitrogen and oxygen atoms in total. The zero-order valence-electron chi connectivity index (χ0n) is 39.3. The molecule has 0 radical (unpaired) electrons. The molecule has 0 amide bonds. The molecule has 64 heavy (non-hydrogen) atoms. The third kappa shape index (κ3) is 6.98. The molecule has 0 aliphatic carbocycles. The first-order chi connectivity index (χ1) is 29.7. The van der Waals surface area contributed by atoms with E-state index in [1.54, 1.807) is 0 Å². The van der Waals surface area contributed by atoms with Crippen molar-refractivity contribution in [2.45, 2.75) is 105 Å². The van der Waals surface area contributed by atoms with Crippen LogP contribution >= 0.6 is 0 Å². The number of rotatable bonds is 6. The molecule has 6 aromatic carbocycles. The SMILES string of the molecule is CC(C)(C)c1cc(Oc2[c-]c3c(cc2)c2cc(-c4ccccc4)ccc2n3-c2cc(C(C)(C)C)ccn2)[c-]c([N+]23[CH-][N@+]2(c2cccc(C(C)(C)C)c2)c2ccc(C(C)(C)C)cc23)c1.[Pt]. The Hall–Kier alpha value is -5.32. The molecule has 4 heterocycles. The number of benzene rings is 6. The van der Waals surface area contributed by atoms with Gasteiger partial charge in [0.2, 0.25) is 11.4 Å². The smallest absolute Gasteiger partial charge is 0.225 e. The minimum absolute atomic E-state index is 0. The summed E-state index contributed by atoms with van der Waals surface area (Å²) in [6.07, 6.45) is 1.92. The van der Waals surface area contributed by atoms with E-state index in [2.05, 4.69) is 234 Å². The molecule has 10 rings (SSSR count). The Morgan fingerprint density at radius 2 is 1.20 bits per heavy atom. The number of nitrogens with zero attached hydrogens (tertiary/aromatic N) is 4. The van der Waals surface area contributed by atoms with Gasteiger partial charge in [-0.2, -0.15) is 10.7 Å². The quantitative estimate of drug-likeness (QED) is 0.0943. The molecule has 0 saturated carbocycles. The van der Waals surface area contributed by atoms with Crippen molar-refractivity contribution in [3.8, 4) is 28.4 Å². The first-order valence-electron chi connectivity index (χ1n) is 22.4. The monoisotopic (exact) mass is 1020 g/mol. The molecule has 1 fully saturated rings. The van der Waals surface area contributed by atoms with Crippen LogP contribution in [0.5, 0.6) is 11.5 Å². The van der Waals surface area contributed by atoms with Crippen LogP contribution in [0, 0.1) is 18.8 Å². The number of ether oxygens (including phenoxy) is 1. The topological polar surface area (TPSA) is 27.1 Å². The van der Waals surface area contributed by atoms with Crippen LogP contribution in [0.15, 0.2) is 134 Å². The summed E-state index contributed by atoms with van der Waals surface area (Å²) in [5.41, 5.74) is 14.1. The minimum atomic E-state index is -0.153. The van der Waals surface area contributed by atoms with Crippen LogP contribution in [-0.2, 0) is 42.7 Å². The third-order valence-electron chi connectivity index (χ3n) is 13.3. The number of aromatic nitrogens is 2. The van der Waals surface area contributed by atoms with Gasteiger partial charge < -0.3 is 9.30 Å². The summed E-state index contributed by atoms with van der Waals surface area (Å²) in [4.78, 5) is 4.97. The second-order valence-electron chi connectivity index (χ2n) is 21.9. The minimum Gasteiger partial charge on any atom is -0.509 e. The summed E-state index contributed by atoms with van der Waals surface area (Å²) in [7, 11) is 0. The molecule has 2 aliphatic rings. The molecule has 6 heteroatoms. The van der Waals surface area contributed by atoms with Gasteiger partial charge in [-0.3, -0.25) is 0 Å². The van der Waals surface area contributed by atoms with Gasteiger partial charge in [0.25, 0.3) is 0 Å². The fraction of sp³-hybridized carbons (Fsp3) is 0.276. The molecule has 2 atom stereocenters. The molecule has 8 aromatic rings. The number of hydrogen-bond donors (Lipinski definition) is 0. The van der Waals surface area contributed by atoms with Gasteiger partial charge in [0.1, 0.15) is 5.82 Å². The van der Waals surface area contributed by atoms with Crippen LogP contribution in [0.4, 0.5) is 22.7 Å². The number of hydrogen-bond acceptors (Lipinski definition) is 2. The fourth-order valence-electron chi connectivity index (χ4n) is 9.48. The van der Waals surface area contributed by atoms with Gasteiger partial charge in [0.15, 0.2) is 12.4 Å². The van der Waals surface area contributed by atoms with E-state index in [1.165, 1.54) is 50.4 Å². The molecule has 0 bridgehead atoms. The Balaban J connectivity index is 0.00000518. The van der Waals surface area contributed by atoms with Crippen molar-refractivity contribution in [3.63, 3.8) is 0 Å². The Morgan fingerprint density at radius 1 is 0.516 bits per heavy atom. The predicted octanol–water partition coefficient (Wildman–Crippen LogP) is 15.8. The van der Waals surface area contributed by atoms with Gasteiger partial charge in [-0.25, -0.2) is 9.58 Å². The molecule has 2 aromatic heterocycles. The Labute approximate surface area is 394 Å². The standard InChI is InChI=1S/C58H59N4O.Pt/c1-55(2,3)40-19-16-20-44(30-40)61-37-62(61,53-33-41(56(4,5)6)22-26-52(53)61)45-31-43(58(10,11)12)32-47(35-45)63-46-23-24-48-49-29-39(38-17-14-13-15-18-38)21-25-50(49)60(51(48)36-46)54-34-42(27-28-59-54)57(7,8)9;/h13-34,37H,1-12H3;/q-1;/t61-,62?;/m0./s1. The van der Waals surface area contributed by atoms with Gasteiger partial charge >= 0.3 is 0 Å². The Morgan fingerprint density at radius 3 is 1.91 bits per heavy atom. The first kappa shape index (κ1) is 43.9. The summed E-state index contributed by atoms with van der Waals surface area (Å²) in [6.45, 7) is 29.8. The van der Waals surface area contributed by atoms with E-state index in [9.17, 15) is 0 Å². The molecule has 0 N–H and O–H groups in total. The van der Waals surface area contributed by atoms with Crippen LogP contribution in [-0.4, -0.2) is 9.55 Å². The van der Waals surface area contributed by atoms with Gasteiger partial charge in [0, 0.05) is 68.5 Å². The van der Waals surface area contributed by atoms with Crippen LogP contribution in [0.3, 0.4) is 0 Å². The normalized spacial score (nSPS) is 18.2. The largest absolute Gasteiger partial charge is 0.509 e. The van der Waals surface area contributed by atoms with Crippen LogP contribution in [0.2, 0.25) is 0 Å². The predicted molar refractivity (Wildman–Crippen MR) is 263 cm³/mol. The van der Waals surface area contributed by atoms with Crippen LogP contribution in [0.1, 0.15) is 105 Å². The molecular weight excluding hydrogens is 964 g/mol. The van der Waals surface area contributed by atoms with Crippen molar-refractivity contribution in [1.29, 1.82) is 0 Å². The van der Waals surface area contributed by atoms with Crippen molar-refractivity contribution in [2.24, 2.45) is 0 Å². The maximum atomic E-state index is 7.00. The van der Waals surface area contributed by atoms with Gasteiger partial charge in [0.05, 0.1) is 5.69 Å². The van der Waals surface area contributed by atoms with Crippen molar-refractivity contribution < 1.29 is 25.8 Å². The van der Waals surface area contributed by atoms with E-state index in [0.29, 0.717) is 20.7 Å². The molecular formula is C58H59N4OPt-. The second kappa shape index (κ2) is 14.9. The molecule has 1 saturated heterocycles. The van der Waals surface area contributed by atoms with Crippen molar-refractivity contribution in [2.75, 3.05) is 0 Å².